The fraction of sp³-hybridized carbons (Fsp3) is 0.647. The number of aromatic nitrogens is 3. The number of hydrogen-bond acceptors (Lipinski definition) is 5. The molecule has 1 atom stereocenters. The third kappa shape index (κ3) is 2.90. The molecule has 0 saturated carbocycles. The zero-order valence-corrected chi connectivity index (χ0v) is 15.5. The van der Waals surface area contributed by atoms with E-state index in [9.17, 15) is 8.42 Å². The smallest absolute Gasteiger partial charge is 0.168 e. The number of anilines is 1. The molecule has 0 bridgehead atoms. The van der Waals surface area contributed by atoms with Crippen LogP contribution in [-0.2, 0) is 22.7 Å². The first-order valence-electron chi connectivity index (χ1n) is 8.69. The highest BCUT2D eigenvalue weighted by molar-refractivity contribution is 7.90. The minimum absolute atomic E-state index is 0.412. The minimum atomic E-state index is -3.25. The third-order valence-corrected chi connectivity index (χ3v) is 6.33. The summed E-state index contributed by atoms with van der Waals surface area (Å²) in [4.78, 5) is 9.11. The Labute approximate surface area is 143 Å². The highest BCUT2D eigenvalue weighted by atomic mass is 32.2. The van der Waals surface area contributed by atoms with Crippen molar-refractivity contribution in [2.24, 2.45) is 0 Å². The lowest BCUT2D eigenvalue weighted by Gasteiger charge is -2.23. The maximum atomic E-state index is 12.5. The van der Waals surface area contributed by atoms with Gasteiger partial charge in [0.25, 0.3) is 0 Å². The van der Waals surface area contributed by atoms with Gasteiger partial charge in [0.15, 0.2) is 15.7 Å². The van der Waals surface area contributed by atoms with Gasteiger partial charge in [-0.05, 0) is 44.6 Å². The molecule has 6 nitrogen and oxygen atoms in total. The number of unbranched alkanes of at least 4 members (excludes halogenated alkanes) is 1. The lowest BCUT2D eigenvalue weighted by atomic mass is 9.95. The second kappa shape index (κ2) is 6.35. The Bertz CT molecular complexity index is 871. The Kier molecular flexibility index (Phi) is 4.55. The van der Waals surface area contributed by atoms with Gasteiger partial charge in [0, 0.05) is 11.9 Å². The molecule has 1 aliphatic rings. The molecule has 1 aliphatic carbocycles. The number of fused-ring (bicyclic) bond motifs is 3. The molecular formula is C17H26N4O2S. The summed E-state index contributed by atoms with van der Waals surface area (Å²) >= 11 is 0. The standard InChI is InChI=1S/C17H26N4O2S/c1-4-5-10-14(24(3,22)23)21-11(2)19-15-16(21)12-8-6-7-9-13(12)20-17(15)18/h14H,4-10H2,1-3H3,(H2,18,20). The van der Waals surface area contributed by atoms with E-state index in [1.54, 1.807) is 0 Å². The summed E-state index contributed by atoms with van der Waals surface area (Å²) in [5.41, 5.74) is 9.82. The molecule has 0 radical (unpaired) electrons. The summed E-state index contributed by atoms with van der Waals surface area (Å²) in [5, 5.41) is -0.588. The van der Waals surface area contributed by atoms with E-state index >= 15 is 0 Å². The normalized spacial score (nSPS) is 16.3. The van der Waals surface area contributed by atoms with Gasteiger partial charge in [-0.3, -0.25) is 0 Å². The number of hydrogen-bond donors (Lipinski definition) is 1. The summed E-state index contributed by atoms with van der Waals surface area (Å²) in [5.74, 6) is 1.11. The lowest BCUT2D eigenvalue weighted by Crippen LogP contribution is -2.21. The molecule has 132 valence electrons. The van der Waals surface area contributed by atoms with Crippen LogP contribution in [0.15, 0.2) is 0 Å². The molecule has 2 aromatic heterocycles. The Balaban J connectivity index is 2.30. The number of rotatable bonds is 5. The maximum Gasteiger partial charge on any atom is 0.168 e. The van der Waals surface area contributed by atoms with Gasteiger partial charge in [0.1, 0.15) is 16.7 Å². The number of aryl methyl sites for hydroxylation is 3. The maximum absolute atomic E-state index is 12.5. The molecule has 0 amide bonds. The van der Waals surface area contributed by atoms with Crippen LogP contribution in [0.5, 0.6) is 0 Å². The van der Waals surface area contributed by atoms with E-state index < -0.39 is 15.2 Å². The number of nitrogens with zero attached hydrogens (tertiary/aromatic N) is 3. The molecule has 2 heterocycles. The number of pyridine rings is 1. The molecule has 3 rings (SSSR count). The van der Waals surface area contributed by atoms with Gasteiger partial charge in [0.05, 0.1) is 5.52 Å². The van der Waals surface area contributed by atoms with Crippen molar-refractivity contribution in [3.8, 4) is 0 Å². The summed E-state index contributed by atoms with van der Waals surface area (Å²) in [6.07, 6.45) is 7.74. The van der Waals surface area contributed by atoms with Gasteiger partial charge in [-0.1, -0.05) is 19.8 Å². The van der Waals surface area contributed by atoms with Crippen molar-refractivity contribution >= 4 is 26.7 Å². The molecule has 0 fully saturated rings. The van der Waals surface area contributed by atoms with E-state index in [1.807, 2.05) is 11.5 Å². The van der Waals surface area contributed by atoms with Crippen LogP contribution < -0.4 is 5.73 Å². The molecule has 2 N–H and O–H groups in total. The second-order valence-electron chi connectivity index (χ2n) is 6.78. The van der Waals surface area contributed by atoms with Gasteiger partial charge in [-0.2, -0.15) is 0 Å². The van der Waals surface area contributed by atoms with E-state index in [0.29, 0.717) is 23.6 Å². The van der Waals surface area contributed by atoms with Crippen molar-refractivity contribution in [3.05, 3.63) is 17.1 Å². The Morgan fingerprint density at radius 1 is 1.25 bits per heavy atom. The molecule has 24 heavy (non-hydrogen) atoms. The topological polar surface area (TPSA) is 90.9 Å². The van der Waals surface area contributed by atoms with Gasteiger partial charge in [-0.15, -0.1) is 0 Å². The van der Waals surface area contributed by atoms with Crippen molar-refractivity contribution < 1.29 is 8.42 Å². The minimum Gasteiger partial charge on any atom is -0.382 e. The van der Waals surface area contributed by atoms with E-state index in [-0.39, 0.29) is 0 Å². The molecule has 0 saturated heterocycles. The molecule has 0 spiro atoms. The number of sulfone groups is 1. The Morgan fingerprint density at radius 3 is 2.62 bits per heavy atom. The van der Waals surface area contributed by atoms with Crippen LogP contribution in [0.3, 0.4) is 0 Å². The lowest BCUT2D eigenvalue weighted by molar-refractivity contribution is 0.518. The molecule has 2 aromatic rings. The predicted octanol–water partition coefficient (Wildman–Crippen LogP) is 2.93. The van der Waals surface area contributed by atoms with Gasteiger partial charge in [-0.25, -0.2) is 18.4 Å². The van der Waals surface area contributed by atoms with Gasteiger partial charge in [0.2, 0.25) is 0 Å². The molecule has 7 heteroatoms. The number of imidazole rings is 1. The Hall–Kier alpha value is -1.63. The average Bonchev–Trinajstić information content (AvgIpc) is 2.85. The summed E-state index contributed by atoms with van der Waals surface area (Å²) in [6, 6.07) is 0. The van der Waals surface area contributed by atoms with E-state index in [1.165, 1.54) is 6.26 Å². The number of nitrogen functional groups attached to an aromatic ring is 1. The van der Waals surface area contributed by atoms with Crippen molar-refractivity contribution in [2.75, 3.05) is 12.0 Å². The fourth-order valence-electron chi connectivity index (χ4n) is 3.74. The number of nitrogens with two attached hydrogens (primary N) is 1. The van der Waals surface area contributed by atoms with E-state index in [4.69, 9.17) is 5.73 Å². The van der Waals surface area contributed by atoms with Crippen LogP contribution in [0.25, 0.3) is 11.0 Å². The second-order valence-corrected chi connectivity index (χ2v) is 8.99. The van der Waals surface area contributed by atoms with Crippen LogP contribution in [0.1, 0.15) is 61.5 Å². The first-order chi connectivity index (χ1) is 11.3. The predicted molar refractivity (Wildman–Crippen MR) is 96.7 cm³/mol. The van der Waals surface area contributed by atoms with Crippen molar-refractivity contribution in [2.45, 2.75) is 64.2 Å². The molecule has 1 unspecified atom stereocenters. The van der Waals surface area contributed by atoms with Crippen LogP contribution in [0.2, 0.25) is 0 Å². The highest BCUT2D eigenvalue weighted by Crippen LogP contribution is 2.35. The third-order valence-electron chi connectivity index (χ3n) is 4.90. The summed E-state index contributed by atoms with van der Waals surface area (Å²) < 4.78 is 26.9. The molecular weight excluding hydrogens is 324 g/mol. The van der Waals surface area contributed by atoms with Gasteiger partial charge < -0.3 is 10.3 Å². The van der Waals surface area contributed by atoms with Crippen molar-refractivity contribution in [1.82, 2.24) is 14.5 Å². The van der Waals surface area contributed by atoms with Crippen LogP contribution in [0, 0.1) is 6.92 Å². The van der Waals surface area contributed by atoms with E-state index in [2.05, 4.69) is 16.9 Å². The SMILES string of the molecule is CCCCC(n1c(C)nc2c(N)nc3c(c21)CCCC3)S(C)(=O)=O. The summed E-state index contributed by atoms with van der Waals surface area (Å²) in [6.45, 7) is 3.93. The monoisotopic (exact) mass is 350 g/mol. The fourth-order valence-corrected chi connectivity index (χ4v) is 4.98. The molecule has 0 aliphatic heterocycles. The van der Waals surface area contributed by atoms with Crippen LogP contribution in [-0.4, -0.2) is 29.2 Å². The van der Waals surface area contributed by atoms with Gasteiger partial charge >= 0.3 is 0 Å². The van der Waals surface area contributed by atoms with Crippen molar-refractivity contribution in [3.63, 3.8) is 0 Å². The van der Waals surface area contributed by atoms with Crippen LogP contribution in [0.4, 0.5) is 5.82 Å². The van der Waals surface area contributed by atoms with E-state index in [0.717, 1.165) is 55.3 Å². The van der Waals surface area contributed by atoms with Crippen LogP contribution >= 0.6 is 0 Å². The first-order valence-corrected chi connectivity index (χ1v) is 10.6. The zero-order valence-electron chi connectivity index (χ0n) is 14.7. The van der Waals surface area contributed by atoms with Crippen molar-refractivity contribution in [1.29, 1.82) is 0 Å². The zero-order chi connectivity index (χ0) is 17.5. The molecule has 0 aromatic carbocycles. The Morgan fingerprint density at radius 2 is 1.96 bits per heavy atom. The largest absolute Gasteiger partial charge is 0.382 e. The first kappa shape index (κ1) is 17.2. The highest BCUT2D eigenvalue weighted by Gasteiger charge is 2.29. The average molecular weight is 350 g/mol. The quantitative estimate of drug-likeness (QED) is 0.895. The summed E-state index contributed by atoms with van der Waals surface area (Å²) in [7, 11) is -3.25.